The molecule has 1 aliphatic rings. The number of halogens is 1. The van der Waals surface area contributed by atoms with Crippen LogP contribution in [0.4, 0.5) is 21.6 Å². The van der Waals surface area contributed by atoms with Crippen LogP contribution in [0, 0.1) is 5.82 Å². The maximum absolute atomic E-state index is 13.4. The second-order valence-corrected chi connectivity index (χ2v) is 8.45. The number of hydrogen-bond acceptors (Lipinski definition) is 7. The van der Waals surface area contributed by atoms with Gasteiger partial charge in [-0.05, 0) is 54.1 Å². The molecular formula is C28H25FN4O4. The molecular weight excluding hydrogens is 475 g/mol. The van der Waals surface area contributed by atoms with Gasteiger partial charge < -0.3 is 24.8 Å². The number of amides is 1. The van der Waals surface area contributed by atoms with E-state index in [0.29, 0.717) is 47.1 Å². The van der Waals surface area contributed by atoms with Crippen LogP contribution in [0.25, 0.3) is 10.9 Å². The molecule has 37 heavy (non-hydrogen) atoms. The fourth-order valence-electron chi connectivity index (χ4n) is 3.91. The van der Waals surface area contributed by atoms with Crippen molar-refractivity contribution in [3.05, 3.63) is 91.0 Å². The molecule has 1 saturated heterocycles. The summed E-state index contributed by atoms with van der Waals surface area (Å²) in [6.45, 7) is 4.92. The highest BCUT2D eigenvalue weighted by Gasteiger charge is 2.20. The van der Waals surface area contributed by atoms with Gasteiger partial charge in [-0.15, -0.1) is 0 Å². The molecule has 1 aromatic heterocycles. The van der Waals surface area contributed by atoms with Gasteiger partial charge in [-0.25, -0.2) is 14.4 Å². The van der Waals surface area contributed by atoms with Gasteiger partial charge >= 0.3 is 0 Å². The highest BCUT2D eigenvalue weighted by molar-refractivity contribution is 6.03. The van der Waals surface area contributed by atoms with Crippen LogP contribution >= 0.6 is 0 Å². The second-order valence-electron chi connectivity index (χ2n) is 8.45. The smallest absolute Gasteiger partial charge is 0.247 e. The lowest BCUT2D eigenvalue weighted by Crippen LogP contribution is -2.18. The fourth-order valence-corrected chi connectivity index (χ4v) is 3.91. The minimum absolute atomic E-state index is 0.0992. The van der Waals surface area contributed by atoms with Gasteiger partial charge in [0.25, 0.3) is 0 Å². The third-order valence-corrected chi connectivity index (χ3v) is 5.77. The van der Waals surface area contributed by atoms with Gasteiger partial charge in [0, 0.05) is 23.6 Å². The quantitative estimate of drug-likeness (QED) is 0.298. The summed E-state index contributed by atoms with van der Waals surface area (Å²) in [5, 5.41) is 6.80. The van der Waals surface area contributed by atoms with E-state index < -0.39 is 0 Å². The topological polar surface area (TPSA) is 94.6 Å². The van der Waals surface area contributed by atoms with Gasteiger partial charge in [-0.1, -0.05) is 18.7 Å². The third kappa shape index (κ3) is 6.02. The summed E-state index contributed by atoms with van der Waals surface area (Å²) in [6, 6.07) is 17.2. The molecule has 0 spiro atoms. The molecule has 0 bridgehead atoms. The Labute approximate surface area is 213 Å². The summed E-state index contributed by atoms with van der Waals surface area (Å²) in [6.07, 6.45) is 3.33. The zero-order valence-electron chi connectivity index (χ0n) is 19.9. The lowest BCUT2D eigenvalue weighted by molar-refractivity contribution is -0.111. The molecule has 1 aliphatic heterocycles. The van der Waals surface area contributed by atoms with Crippen molar-refractivity contribution in [1.29, 1.82) is 0 Å². The molecule has 0 saturated carbocycles. The normalized spacial score (nSPS) is 14.8. The summed E-state index contributed by atoms with van der Waals surface area (Å²) >= 11 is 0. The summed E-state index contributed by atoms with van der Waals surface area (Å²) in [5.41, 5.74) is 2.66. The predicted octanol–water partition coefficient (Wildman–Crippen LogP) is 5.38. The molecule has 2 N–H and O–H groups in total. The monoisotopic (exact) mass is 500 g/mol. The minimum atomic E-state index is -0.355. The van der Waals surface area contributed by atoms with Crippen LogP contribution in [0.15, 0.2) is 79.6 Å². The Balaban J connectivity index is 1.36. The van der Waals surface area contributed by atoms with Gasteiger partial charge in [0.1, 0.15) is 42.2 Å². The number of fused-ring (bicyclic) bond motifs is 1. The van der Waals surface area contributed by atoms with Crippen LogP contribution < -0.4 is 20.1 Å². The van der Waals surface area contributed by atoms with Crippen molar-refractivity contribution in [1.82, 2.24) is 9.97 Å². The standard InChI is InChI=1S/C28H25FN4O4/c1-2-27(34)33-25-13-23-24(14-26(25)37-22-10-11-35-16-22)30-17-31-28(23)32-20-6-8-21(9-7-20)36-15-18-4-3-5-19(29)12-18/h2-9,12-14,17,22H,1,10-11,15-16H2,(H,33,34)(H,30,31,32)/t22-/m0/s1. The maximum atomic E-state index is 13.4. The van der Waals surface area contributed by atoms with Crippen LogP contribution in [0.2, 0.25) is 0 Å². The summed E-state index contributed by atoms with van der Waals surface area (Å²) < 4.78 is 30.6. The van der Waals surface area contributed by atoms with Crippen molar-refractivity contribution >= 4 is 34.0 Å². The lowest BCUT2D eigenvalue weighted by atomic mass is 10.1. The predicted molar refractivity (Wildman–Crippen MR) is 139 cm³/mol. The first-order valence-corrected chi connectivity index (χ1v) is 11.8. The first-order valence-electron chi connectivity index (χ1n) is 11.8. The molecule has 0 unspecified atom stereocenters. The maximum Gasteiger partial charge on any atom is 0.247 e. The van der Waals surface area contributed by atoms with Crippen molar-refractivity contribution in [3.8, 4) is 11.5 Å². The van der Waals surface area contributed by atoms with E-state index in [-0.39, 0.29) is 24.4 Å². The molecule has 0 aliphatic carbocycles. The number of carbonyl (C=O) groups excluding carboxylic acids is 1. The highest BCUT2D eigenvalue weighted by Crippen LogP contribution is 2.35. The summed E-state index contributed by atoms with van der Waals surface area (Å²) in [7, 11) is 0. The van der Waals surface area contributed by atoms with E-state index in [4.69, 9.17) is 14.2 Å². The van der Waals surface area contributed by atoms with Crippen molar-refractivity contribution in [3.63, 3.8) is 0 Å². The zero-order valence-corrected chi connectivity index (χ0v) is 19.9. The number of benzene rings is 3. The van der Waals surface area contributed by atoms with E-state index in [1.807, 2.05) is 30.3 Å². The Kier molecular flexibility index (Phi) is 7.23. The lowest BCUT2D eigenvalue weighted by Gasteiger charge is -2.17. The van der Waals surface area contributed by atoms with Crippen molar-refractivity contribution in [2.24, 2.45) is 0 Å². The van der Waals surface area contributed by atoms with Gasteiger partial charge in [0.15, 0.2) is 0 Å². The second kappa shape index (κ2) is 11.0. The fraction of sp³-hybridized carbons (Fsp3) is 0.179. The summed E-state index contributed by atoms with van der Waals surface area (Å²) in [4.78, 5) is 20.9. The van der Waals surface area contributed by atoms with Crippen LogP contribution in [0.3, 0.4) is 0 Å². The van der Waals surface area contributed by atoms with Crippen LogP contribution in [0.1, 0.15) is 12.0 Å². The molecule has 5 rings (SSSR count). The van der Waals surface area contributed by atoms with Gasteiger partial charge in [0.2, 0.25) is 5.91 Å². The van der Waals surface area contributed by atoms with Crippen LogP contribution in [-0.4, -0.2) is 35.2 Å². The Morgan fingerprint density at radius 2 is 2.03 bits per heavy atom. The Morgan fingerprint density at radius 1 is 1.16 bits per heavy atom. The third-order valence-electron chi connectivity index (χ3n) is 5.77. The molecule has 9 heteroatoms. The zero-order chi connectivity index (χ0) is 25.6. The first kappa shape index (κ1) is 24.2. The number of ether oxygens (including phenoxy) is 3. The first-order chi connectivity index (χ1) is 18.1. The Hall–Kier alpha value is -4.50. The Bertz CT molecular complexity index is 1420. The number of aromatic nitrogens is 2. The minimum Gasteiger partial charge on any atom is -0.489 e. The number of nitrogens with zero attached hydrogens (tertiary/aromatic N) is 2. The molecule has 2 heterocycles. The molecule has 1 atom stereocenters. The molecule has 1 fully saturated rings. The molecule has 188 valence electrons. The van der Waals surface area contributed by atoms with E-state index in [0.717, 1.165) is 17.7 Å². The van der Waals surface area contributed by atoms with Crippen molar-refractivity contribution in [2.75, 3.05) is 23.8 Å². The van der Waals surface area contributed by atoms with Crippen LogP contribution in [0.5, 0.6) is 11.5 Å². The van der Waals surface area contributed by atoms with Crippen molar-refractivity contribution in [2.45, 2.75) is 19.1 Å². The van der Waals surface area contributed by atoms with E-state index >= 15 is 0 Å². The largest absolute Gasteiger partial charge is 0.489 e. The van der Waals surface area contributed by atoms with Crippen molar-refractivity contribution < 1.29 is 23.4 Å². The molecule has 4 aromatic rings. The Morgan fingerprint density at radius 3 is 2.78 bits per heavy atom. The number of nitrogens with one attached hydrogen (secondary N) is 2. The molecule has 8 nitrogen and oxygen atoms in total. The van der Waals surface area contributed by atoms with E-state index in [2.05, 4.69) is 27.2 Å². The van der Waals surface area contributed by atoms with Gasteiger partial charge in [-0.2, -0.15) is 0 Å². The van der Waals surface area contributed by atoms with E-state index in [9.17, 15) is 9.18 Å². The number of hydrogen-bond donors (Lipinski definition) is 2. The molecule has 1 amide bonds. The summed E-state index contributed by atoms with van der Waals surface area (Å²) in [5.74, 6) is 1.06. The average molecular weight is 501 g/mol. The number of carbonyl (C=O) groups is 1. The molecule has 3 aromatic carbocycles. The van der Waals surface area contributed by atoms with E-state index in [1.54, 1.807) is 18.2 Å². The number of anilines is 3. The van der Waals surface area contributed by atoms with Crippen LogP contribution in [-0.2, 0) is 16.1 Å². The molecule has 0 radical (unpaired) electrons. The van der Waals surface area contributed by atoms with E-state index in [1.165, 1.54) is 24.5 Å². The SMILES string of the molecule is C=CC(=O)Nc1cc2c(Nc3ccc(OCc4cccc(F)c4)cc3)ncnc2cc1O[C@H]1CCOC1. The number of rotatable bonds is 9. The average Bonchev–Trinajstić information content (AvgIpc) is 3.42. The highest BCUT2D eigenvalue weighted by atomic mass is 19.1. The van der Waals surface area contributed by atoms with Gasteiger partial charge in [-0.3, -0.25) is 4.79 Å². The van der Waals surface area contributed by atoms with Gasteiger partial charge in [0.05, 0.1) is 24.4 Å².